The van der Waals surface area contributed by atoms with Gasteiger partial charge in [0.25, 0.3) is 0 Å². The van der Waals surface area contributed by atoms with Crippen molar-refractivity contribution in [2.75, 3.05) is 26.2 Å². The summed E-state index contributed by atoms with van der Waals surface area (Å²) in [5.41, 5.74) is 7.28. The van der Waals surface area contributed by atoms with Crippen molar-refractivity contribution in [1.29, 1.82) is 0 Å². The molecule has 1 unspecified atom stereocenters. The van der Waals surface area contributed by atoms with E-state index in [2.05, 4.69) is 31.6 Å². The van der Waals surface area contributed by atoms with E-state index in [1.165, 1.54) is 51.4 Å². The number of ketones is 1. The van der Waals surface area contributed by atoms with Crippen LogP contribution in [0.5, 0.6) is 0 Å². The van der Waals surface area contributed by atoms with Gasteiger partial charge < -0.3 is 5.11 Å². The normalized spacial score (nSPS) is 48.1. The Hall–Kier alpha value is -0.490. The van der Waals surface area contributed by atoms with Gasteiger partial charge in [0.1, 0.15) is 0 Å². The fourth-order valence-electron chi connectivity index (χ4n) is 9.09. The quantitative estimate of drug-likeness (QED) is 0.653. The summed E-state index contributed by atoms with van der Waals surface area (Å²) in [7, 11) is 0. The Morgan fingerprint density at radius 1 is 0.967 bits per heavy atom. The number of rotatable bonds is 4. The SMILES string of the molecule is CC1(C)CC[C@]2(CO)C3CC[C@]4(C)[C@@H](C(=O)CN5NCCN5)CC[C@H]4[C@@H]3CC[C@H]2C1. The molecule has 0 amide bonds. The third kappa shape index (κ3) is 3.22. The Kier molecular flexibility index (Phi) is 5.37. The Bertz CT molecular complexity index is 675. The van der Waals surface area contributed by atoms with Gasteiger partial charge in [0.15, 0.2) is 5.78 Å². The molecule has 1 heterocycles. The maximum Gasteiger partial charge on any atom is 0.153 e. The molecule has 0 radical (unpaired) electrons. The van der Waals surface area contributed by atoms with E-state index < -0.39 is 0 Å². The molecule has 5 fully saturated rings. The first kappa shape index (κ1) is 21.4. The van der Waals surface area contributed by atoms with Crippen LogP contribution in [0.15, 0.2) is 0 Å². The highest BCUT2D eigenvalue weighted by molar-refractivity contribution is 5.84. The van der Waals surface area contributed by atoms with Crippen molar-refractivity contribution in [3.8, 4) is 0 Å². The van der Waals surface area contributed by atoms with Gasteiger partial charge in [-0.25, -0.2) is 10.9 Å². The van der Waals surface area contributed by atoms with Crippen LogP contribution < -0.4 is 10.9 Å². The third-order valence-corrected chi connectivity index (χ3v) is 10.6. The highest BCUT2D eigenvalue weighted by Gasteiger charge is 2.62. The van der Waals surface area contributed by atoms with Gasteiger partial charge in [0, 0.05) is 25.6 Å². The Morgan fingerprint density at radius 3 is 2.47 bits per heavy atom. The number of aliphatic hydroxyl groups excluding tert-OH is 1. The zero-order valence-electron chi connectivity index (χ0n) is 19.4. The number of Topliss-reactive ketones (excluding diaryl/α,β-unsaturated/α-hetero) is 1. The van der Waals surface area contributed by atoms with Gasteiger partial charge in [-0.3, -0.25) is 4.79 Å². The molecular weight excluding hydrogens is 374 g/mol. The summed E-state index contributed by atoms with van der Waals surface area (Å²) in [5.74, 6) is 3.39. The molecule has 5 nitrogen and oxygen atoms in total. The molecule has 0 bridgehead atoms. The molecule has 0 aromatic heterocycles. The van der Waals surface area contributed by atoms with Crippen molar-refractivity contribution in [3.63, 3.8) is 0 Å². The predicted octanol–water partition coefficient (Wildman–Crippen LogP) is 3.54. The fourth-order valence-corrected chi connectivity index (χ4v) is 9.09. The Labute approximate surface area is 182 Å². The van der Waals surface area contributed by atoms with E-state index in [1.807, 2.05) is 5.12 Å². The van der Waals surface area contributed by atoms with Crippen LogP contribution in [-0.2, 0) is 4.79 Å². The summed E-state index contributed by atoms with van der Waals surface area (Å²) in [6.07, 6.45) is 11.0. The number of nitrogens with one attached hydrogen (secondary N) is 2. The van der Waals surface area contributed by atoms with Gasteiger partial charge in [-0.05, 0) is 97.7 Å². The minimum Gasteiger partial charge on any atom is -0.396 e. The van der Waals surface area contributed by atoms with E-state index in [9.17, 15) is 9.90 Å². The topological polar surface area (TPSA) is 64.6 Å². The molecule has 5 aliphatic rings. The average Bonchev–Trinajstić information content (AvgIpc) is 3.34. The third-order valence-electron chi connectivity index (χ3n) is 10.6. The molecule has 30 heavy (non-hydrogen) atoms. The van der Waals surface area contributed by atoms with Gasteiger partial charge in [0.05, 0.1) is 6.54 Å². The predicted molar refractivity (Wildman–Crippen MR) is 118 cm³/mol. The lowest BCUT2D eigenvalue weighted by Crippen LogP contribution is -2.57. The Morgan fingerprint density at radius 2 is 1.73 bits per heavy atom. The molecule has 5 heteroatoms. The van der Waals surface area contributed by atoms with E-state index in [0.29, 0.717) is 48.0 Å². The zero-order valence-corrected chi connectivity index (χ0v) is 19.4. The van der Waals surface area contributed by atoms with Crippen LogP contribution in [0.4, 0.5) is 0 Å². The zero-order chi connectivity index (χ0) is 21.1. The van der Waals surface area contributed by atoms with Gasteiger partial charge in [-0.15, -0.1) is 0 Å². The van der Waals surface area contributed by atoms with Crippen LogP contribution >= 0.6 is 0 Å². The number of carbonyl (C=O) groups excluding carboxylic acids is 1. The first-order chi connectivity index (χ1) is 14.3. The number of fused-ring (bicyclic) bond motifs is 5. The molecule has 0 aromatic carbocycles. The van der Waals surface area contributed by atoms with Crippen LogP contribution in [0.1, 0.15) is 78.6 Å². The molecule has 170 valence electrons. The molecule has 1 saturated heterocycles. The number of nitrogens with zero attached hydrogens (tertiary/aromatic N) is 1. The first-order valence-electron chi connectivity index (χ1n) is 12.7. The van der Waals surface area contributed by atoms with Gasteiger partial charge >= 0.3 is 0 Å². The molecule has 5 rings (SSSR count). The van der Waals surface area contributed by atoms with Gasteiger partial charge in [-0.2, -0.15) is 5.12 Å². The molecule has 0 aromatic rings. The summed E-state index contributed by atoms with van der Waals surface area (Å²) in [6, 6.07) is 0. The second kappa shape index (κ2) is 7.54. The van der Waals surface area contributed by atoms with Crippen molar-refractivity contribution >= 4 is 5.78 Å². The smallest absolute Gasteiger partial charge is 0.153 e. The number of hydrogen-bond acceptors (Lipinski definition) is 5. The lowest BCUT2D eigenvalue weighted by atomic mass is 9.42. The van der Waals surface area contributed by atoms with Crippen molar-refractivity contribution in [1.82, 2.24) is 16.0 Å². The van der Waals surface area contributed by atoms with Crippen LogP contribution in [-0.4, -0.2) is 42.2 Å². The van der Waals surface area contributed by atoms with E-state index in [0.717, 1.165) is 19.5 Å². The van der Waals surface area contributed by atoms with Crippen LogP contribution in [0, 0.1) is 45.8 Å². The van der Waals surface area contributed by atoms with Crippen molar-refractivity contribution in [2.24, 2.45) is 45.8 Å². The highest BCUT2D eigenvalue weighted by atomic mass is 16.3. The second-order valence-electron chi connectivity index (χ2n) is 12.5. The van der Waals surface area contributed by atoms with E-state index in [1.54, 1.807) is 0 Å². The molecule has 0 spiro atoms. The number of hydrazine groups is 2. The summed E-state index contributed by atoms with van der Waals surface area (Å²) in [6.45, 7) is 9.97. The average molecular weight is 418 g/mol. The maximum absolute atomic E-state index is 13.3. The van der Waals surface area contributed by atoms with Crippen LogP contribution in [0.25, 0.3) is 0 Å². The first-order valence-corrected chi connectivity index (χ1v) is 12.7. The van der Waals surface area contributed by atoms with E-state index >= 15 is 0 Å². The molecule has 7 atom stereocenters. The Balaban J connectivity index is 1.35. The van der Waals surface area contributed by atoms with E-state index in [4.69, 9.17) is 0 Å². The van der Waals surface area contributed by atoms with Gasteiger partial charge in [0.2, 0.25) is 0 Å². The van der Waals surface area contributed by atoms with Crippen LogP contribution in [0.2, 0.25) is 0 Å². The van der Waals surface area contributed by atoms with Crippen molar-refractivity contribution in [2.45, 2.75) is 78.6 Å². The minimum absolute atomic E-state index is 0.158. The summed E-state index contributed by atoms with van der Waals surface area (Å²) in [4.78, 5) is 13.3. The van der Waals surface area contributed by atoms with Crippen LogP contribution in [0.3, 0.4) is 0 Å². The minimum atomic E-state index is 0.158. The molecule has 3 N–H and O–H groups in total. The highest BCUT2D eigenvalue weighted by Crippen LogP contribution is 2.68. The monoisotopic (exact) mass is 417 g/mol. The molecule has 4 aliphatic carbocycles. The lowest BCUT2D eigenvalue weighted by Gasteiger charge is -2.62. The second-order valence-corrected chi connectivity index (χ2v) is 12.5. The standard InChI is InChI=1S/C25H43N3O2/c1-23(2)10-11-25(16-29)17(14-23)4-5-18-19-6-7-21(24(19,3)9-8-20(18)25)22(30)15-28-26-12-13-27-28/h17-21,26-27,29H,4-16H2,1-3H3/t17-,18-,19-,20?,21+,24-,25+/m0/s1. The largest absolute Gasteiger partial charge is 0.396 e. The molecular formula is C25H43N3O2. The lowest BCUT2D eigenvalue weighted by molar-refractivity contribution is -0.158. The summed E-state index contributed by atoms with van der Waals surface area (Å²) >= 11 is 0. The fraction of sp³-hybridized carbons (Fsp3) is 0.960. The van der Waals surface area contributed by atoms with Crippen molar-refractivity contribution in [3.05, 3.63) is 0 Å². The molecule has 4 saturated carbocycles. The van der Waals surface area contributed by atoms with E-state index in [-0.39, 0.29) is 16.7 Å². The molecule has 1 aliphatic heterocycles. The van der Waals surface area contributed by atoms with Gasteiger partial charge in [-0.1, -0.05) is 20.8 Å². The summed E-state index contributed by atoms with van der Waals surface area (Å²) < 4.78 is 0. The summed E-state index contributed by atoms with van der Waals surface area (Å²) in [5, 5.41) is 12.6. The number of carbonyl (C=O) groups is 1. The maximum atomic E-state index is 13.3. The van der Waals surface area contributed by atoms with Crippen molar-refractivity contribution < 1.29 is 9.90 Å². The number of aliphatic hydroxyl groups is 1. The number of hydrogen-bond donors (Lipinski definition) is 3.